The van der Waals surface area contributed by atoms with Crippen LogP contribution in [0, 0.1) is 5.82 Å². The molecule has 0 radical (unpaired) electrons. The van der Waals surface area contributed by atoms with Crippen LogP contribution in [0.25, 0.3) is 16.9 Å². The summed E-state index contributed by atoms with van der Waals surface area (Å²) >= 11 is 0. The van der Waals surface area contributed by atoms with Gasteiger partial charge in [0.25, 0.3) is 0 Å². The lowest BCUT2D eigenvalue weighted by atomic mass is 10.1. The smallest absolute Gasteiger partial charge is 0.243 e. The molecule has 1 aliphatic heterocycles. The molecule has 0 bridgehead atoms. The molecule has 4 aromatic rings. The molecule has 0 amide bonds. The summed E-state index contributed by atoms with van der Waals surface area (Å²) < 4.78 is 43.4. The lowest BCUT2D eigenvalue weighted by molar-refractivity contribution is 0.477. The second-order valence-electron chi connectivity index (χ2n) is 8.88. The van der Waals surface area contributed by atoms with E-state index in [2.05, 4.69) is 10.3 Å². The van der Waals surface area contributed by atoms with Crippen LogP contribution >= 0.6 is 0 Å². The van der Waals surface area contributed by atoms with Gasteiger partial charge < -0.3 is 5.32 Å². The third-order valence-corrected chi connectivity index (χ3v) is 8.33. The fourth-order valence-corrected chi connectivity index (χ4v) is 5.92. The fourth-order valence-electron chi connectivity index (χ4n) is 4.40. The summed E-state index contributed by atoms with van der Waals surface area (Å²) in [6, 6.07) is 17.0. The minimum atomic E-state index is -3.47. The number of fused-ring (bicyclic) bond motifs is 1. The third-order valence-electron chi connectivity index (χ3n) is 6.42. The quantitative estimate of drug-likeness (QED) is 0.426. The van der Waals surface area contributed by atoms with Gasteiger partial charge >= 0.3 is 0 Å². The first-order chi connectivity index (χ1) is 16.5. The Hall–Kier alpha value is -3.30. The predicted octanol–water partition coefficient (Wildman–Crippen LogP) is 4.94. The molecule has 3 heterocycles. The summed E-state index contributed by atoms with van der Waals surface area (Å²) in [5.74, 6) is 0.732. The molecule has 1 N–H and O–H groups in total. The van der Waals surface area contributed by atoms with Crippen LogP contribution in [-0.2, 0) is 10.0 Å². The van der Waals surface area contributed by atoms with Crippen molar-refractivity contribution in [2.24, 2.45) is 0 Å². The molecule has 9 heteroatoms. The maximum Gasteiger partial charge on any atom is 0.243 e. The first-order valence-electron chi connectivity index (χ1n) is 11.5. The van der Waals surface area contributed by atoms with Crippen molar-refractivity contribution in [1.82, 2.24) is 18.9 Å². The molecule has 7 nitrogen and oxygen atoms in total. The van der Waals surface area contributed by atoms with E-state index in [1.165, 1.54) is 10.4 Å². The Balaban J connectivity index is 1.37. The molecule has 2 aliphatic rings. The SMILES string of the molecule is O=S(=O)(c1ccc(Nc2cc(-c3ccccc3F)nc3cc(C4CC4)nn23)cc1)N1CCCC1. The van der Waals surface area contributed by atoms with Gasteiger partial charge in [0.05, 0.1) is 16.3 Å². The maximum atomic E-state index is 14.5. The molecule has 1 saturated heterocycles. The van der Waals surface area contributed by atoms with Crippen LogP contribution in [-0.4, -0.2) is 40.4 Å². The van der Waals surface area contributed by atoms with Gasteiger partial charge in [0.15, 0.2) is 5.65 Å². The minimum Gasteiger partial charge on any atom is -0.340 e. The second kappa shape index (κ2) is 8.18. The predicted molar refractivity (Wildman–Crippen MR) is 128 cm³/mol. The van der Waals surface area contributed by atoms with E-state index in [0.29, 0.717) is 47.4 Å². The van der Waals surface area contributed by atoms with Gasteiger partial charge in [-0.2, -0.15) is 13.9 Å². The van der Waals surface area contributed by atoms with Crippen molar-refractivity contribution >= 4 is 27.2 Å². The van der Waals surface area contributed by atoms with Crippen molar-refractivity contribution in [3.8, 4) is 11.3 Å². The highest BCUT2D eigenvalue weighted by Gasteiger charge is 2.28. The number of halogens is 1. The van der Waals surface area contributed by atoms with E-state index in [1.54, 1.807) is 53.0 Å². The van der Waals surface area contributed by atoms with E-state index in [4.69, 9.17) is 5.10 Å². The van der Waals surface area contributed by atoms with Crippen LogP contribution in [0.2, 0.25) is 0 Å². The monoisotopic (exact) mass is 477 g/mol. The summed E-state index contributed by atoms with van der Waals surface area (Å²) in [5.41, 5.74) is 3.24. The van der Waals surface area contributed by atoms with Crippen LogP contribution in [0.5, 0.6) is 0 Å². The number of hydrogen-bond acceptors (Lipinski definition) is 5. The molecular formula is C25H24FN5O2S. The van der Waals surface area contributed by atoms with Gasteiger partial charge in [-0.3, -0.25) is 0 Å². The van der Waals surface area contributed by atoms with Crippen molar-refractivity contribution < 1.29 is 12.8 Å². The minimum absolute atomic E-state index is 0.280. The van der Waals surface area contributed by atoms with Crippen molar-refractivity contribution in [2.45, 2.75) is 36.5 Å². The van der Waals surface area contributed by atoms with Crippen molar-refractivity contribution in [3.05, 3.63) is 72.2 Å². The Bertz CT molecular complexity index is 1470. The number of aromatic nitrogens is 3. The number of hydrogen-bond donors (Lipinski definition) is 1. The normalized spacial score (nSPS) is 16.9. The number of nitrogens with zero attached hydrogens (tertiary/aromatic N) is 4. The third kappa shape index (κ3) is 3.84. The highest BCUT2D eigenvalue weighted by molar-refractivity contribution is 7.89. The van der Waals surface area contributed by atoms with Crippen LogP contribution in [0.4, 0.5) is 15.9 Å². The van der Waals surface area contributed by atoms with Gasteiger partial charge in [-0.25, -0.2) is 17.8 Å². The van der Waals surface area contributed by atoms with E-state index < -0.39 is 10.0 Å². The summed E-state index contributed by atoms with van der Waals surface area (Å²) in [6.45, 7) is 1.14. The standard InChI is InChI=1S/C25H24FN5O2S/c26-21-6-2-1-5-20(21)23-16-24(31-25(28-23)15-22(29-31)17-7-8-17)27-18-9-11-19(12-10-18)34(32,33)30-13-3-4-14-30/h1-2,5-6,9-12,15-17,27H,3-4,7-8,13-14H2. The van der Waals surface area contributed by atoms with Gasteiger partial charge in [-0.15, -0.1) is 0 Å². The molecule has 0 atom stereocenters. The molecule has 2 aromatic carbocycles. The zero-order chi connectivity index (χ0) is 23.3. The van der Waals surface area contributed by atoms with Crippen molar-refractivity contribution in [2.75, 3.05) is 18.4 Å². The van der Waals surface area contributed by atoms with Gasteiger partial charge in [0, 0.05) is 42.4 Å². The number of rotatable bonds is 6. The molecule has 0 spiro atoms. The van der Waals surface area contributed by atoms with Gasteiger partial charge in [-0.1, -0.05) is 12.1 Å². The van der Waals surface area contributed by atoms with Crippen molar-refractivity contribution in [3.63, 3.8) is 0 Å². The maximum absolute atomic E-state index is 14.5. The Morgan fingerprint density at radius 3 is 2.41 bits per heavy atom. The van der Waals surface area contributed by atoms with E-state index >= 15 is 0 Å². The van der Waals surface area contributed by atoms with Crippen LogP contribution in [0.1, 0.15) is 37.3 Å². The van der Waals surface area contributed by atoms with Crippen LogP contribution in [0.15, 0.2) is 65.6 Å². The average Bonchev–Trinajstić information content (AvgIpc) is 3.35. The Kier molecular flexibility index (Phi) is 5.11. The molecule has 1 aliphatic carbocycles. The van der Waals surface area contributed by atoms with Crippen molar-refractivity contribution in [1.29, 1.82) is 0 Å². The molecule has 1 saturated carbocycles. The highest BCUT2D eigenvalue weighted by Crippen LogP contribution is 2.40. The van der Waals surface area contributed by atoms with Gasteiger partial charge in [0.1, 0.15) is 11.6 Å². The molecule has 2 fully saturated rings. The Morgan fingerprint density at radius 1 is 0.971 bits per heavy atom. The molecule has 0 unspecified atom stereocenters. The Labute approximate surface area is 197 Å². The summed E-state index contributed by atoms with van der Waals surface area (Å²) in [5, 5.41) is 8.06. The molecule has 174 valence electrons. The largest absolute Gasteiger partial charge is 0.340 e. The number of sulfonamides is 1. The Morgan fingerprint density at radius 2 is 1.71 bits per heavy atom. The van der Waals surface area contributed by atoms with E-state index in [0.717, 1.165) is 31.4 Å². The van der Waals surface area contributed by atoms with E-state index in [1.807, 2.05) is 6.07 Å². The van der Waals surface area contributed by atoms with Gasteiger partial charge in [-0.05, 0) is 62.1 Å². The van der Waals surface area contributed by atoms with Gasteiger partial charge in [0.2, 0.25) is 10.0 Å². The first kappa shape index (κ1) is 21.2. The van der Waals surface area contributed by atoms with Crippen LogP contribution < -0.4 is 5.32 Å². The van der Waals surface area contributed by atoms with Crippen LogP contribution in [0.3, 0.4) is 0 Å². The molecule has 34 heavy (non-hydrogen) atoms. The highest BCUT2D eigenvalue weighted by atomic mass is 32.2. The topological polar surface area (TPSA) is 79.6 Å². The summed E-state index contributed by atoms with van der Waals surface area (Å²) in [4.78, 5) is 4.95. The fraction of sp³-hybridized carbons (Fsp3) is 0.280. The lowest BCUT2D eigenvalue weighted by Gasteiger charge is -2.16. The summed E-state index contributed by atoms with van der Waals surface area (Å²) in [7, 11) is -3.47. The van der Waals surface area contributed by atoms with E-state index in [9.17, 15) is 12.8 Å². The number of benzene rings is 2. The molecule has 6 rings (SSSR count). The zero-order valence-electron chi connectivity index (χ0n) is 18.5. The second-order valence-corrected chi connectivity index (χ2v) is 10.8. The number of anilines is 2. The lowest BCUT2D eigenvalue weighted by Crippen LogP contribution is -2.27. The first-order valence-corrected chi connectivity index (χ1v) is 13.0. The molecule has 2 aromatic heterocycles. The average molecular weight is 478 g/mol. The zero-order valence-corrected chi connectivity index (χ0v) is 19.3. The summed E-state index contributed by atoms with van der Waals surface area (Å²) in [6.07, 6.45) is 4.02. The molecular weight excluding hydrogens is 453 g/mol. The number of nitrogens with one attached hydrogen (secondary N) is 1. The van der Waals surface area contributed by atoms with E-state index in [-0.39, 0.29) is 10.7 Å².